The SMILES string of the molecule is CCOC(=O)c1ccc(C)c(NC(=O)CSc2ccc(OC)cc2)c1. The molecule has 0 aliphatic heterocycles. The molecule has 1 amide bonds. The summed E-state index contributed by atoms with van der Waals surface area (Å²) in [6.07, 6.45) is 0. The van der Waals surface area contributed by atoms with Crippen molar-refractivity contribution in [2.24, 2.45) is 0 Å². The van der Waals surface area contributed by atoms with Gasteiger partial charge in [0.1, 0.15) is 5.75 Å². The number of anilines is 1. The first-order chi connectivity index (χ1) is 12.0. The number of hydrogen-bond donors (Lipinski definition) is 1. The number of ether oxygens (including phenoxy) is 2. The minimum atomic E-state index is -0.398. The van der Waals surface area contributed by atoms with Gasteiger partial charge in [-0.15, -0.1) is 11.8 Å². The number of amides is 1. The fraction of sp³-hybridized carbons (Fsp3) is 0.263. The van der Waals surface area contributed by atoms with Crippen molar-refractivity contribution in [3.8, 4) is 5.75 Å². The maximum Gasteiger partial charge on any atom is 0.338 e. The molecule has 132 valence electrons. The number of carbonyl (C=O) groups excluding carboxylic acids is 2. The Morgan fingerprint density at radius 2 is 1.84 bits per heavy atom. The molecule has 25 heavy (non-hydrogen) atoms. The highest BCUT2D eigenvalue weighted by Gasteiger charge is 2.11. The molecule has 0 heterocycles. The molecule has 0 aromatic heterocycles. The van der Waals surface area contributed by atoms with Gasteiger partial charge in [-0.3, -0.25) is 4.79 Å². The molecular formula is C19H21NO4S. The molecule has 0 spiro atoms. The van der Waals surface area contributed by atoms with E-state index in [-0.39, 0.29) is 11.7 Å². The third kappa shape index (κ3) is 5.53. The highest BCUT2D eigenvalue weighted by Crippen LogP contribution is 2.22. The Morgan fingerprint density at radius 3 is 2.48 bits per heavy atom. The van der Waals surface area contributed by atoms with Gasteiger partial charge in [0, 0.05) is 10.6 Å². The zero-order valence-corrected chi connectivity index (χ0v) is 15.3. The van der Waals surface area contributed by atoms with Gasteiger partial charge in [-0.25, -0.2) is 4.79 Å². The van der Waals surface area contributed by atoms with E-state index in [0.717, 1.165) is 16.2 Å². The fourth-order valence-corrected chi connectivity index (χ4v) is 2.80. The number of nitrogens with one attached hydrogen (secondary N) is 1. The monoisotopic (exact) mass is 359 g/mol. The summed E-state index contributed by atoms with van der Waals surface area (Å²) in [6, 6.07) is 12.6. The molecule has 2 aromatic rings. The maximum atomic E-state index is 12.2. The first kappa shape index (κ1) is 18.9. The van der Waals surface area contributed by atoms with Crippen LogP contribution in [0.5, 0.6) is 5.75 Å². The number of esters is 1. The second-order valence-corrected chi connectivity index (χ2v) is 6.31. The third-order valence-electron chi connectivity index (χ3n) is 3.45. The number of aryl methyl sites for hydroxylation is 1. The standard InChI is InChI=1S/C19H21NO4S/c1-4-24-19(22)14-6-5-13(2)17(11-14)20-18(21)12-25-16-9-7-15(23-3)8-10-16/h5-11H,4,12H2,1-3H3,(H,20,21). The van der Waals surface area contributed by atoms with E-state index in [2.05, 4.69) is 5.32 Å². The zero-order valence-electron chi connectivity index (χ0n) is 14.5. The fourth-order valence-electron chi connectivity index (χ4n) is 2.11. The van der Waals surface area contributed by atoms with Crippen LogP contribution in [0.2, 0.25) is 0 Å². The van der Waals surface area contributed by atoms with Crippen LogP contribution < -0.4 is 10.1 Å². The molecule has 6 heteroatoms. The first-order valence-electron chi connectivity index (χ1n) is 7.88. The van der Waals surface area contributed by atoms with Gasteiger partial charge < -0.3 is 14.8 Å². The van der Waals surface area contributed by atoms with Crippen LogP contribution >= 0.6 is 11.8 Å². The second kappa shape index (κ2) is 9.13. The zero-order chi connectivity index (χ0) is 18.2. The van der Waals surface area contributed by atoms with Gasteiger partial charge in [-0.2, -0.15) is 0 Å². The highest BCUT2D eigenvalue weighted by atomic mass is 32.2. The number of carbonyl (C=O) groups is 2. The minimum absolute atomic E-state index is 0.134. The molecule has 0 saturated heterocycles. The number of hydrogen-bond acceptors (Lipinski definition) is 5. The van der Waals surface area contributed by atoms with Crippen LogP contribution in [0.4, 0.5) is 5.69 Å². The number of thioether (sulfide) groups is 1. The van der Waals surface area contributed by atoms with Crippen molar-refractivity contribution in [2.45, 2.75) is 18.7 Å². The van der Waals surface area contributed by atoms with E-state index in [1.165, 1.54) is 11.8 Å². The Morgan fingerprint density at radius 1 is 1.12 bits per heavy atom. The Hall–Kier alpha value is -2.47. The normalized spacial score (nSPS) is 10.2. The van der Waals surface area contributed by atoms with Crippen molar-refractivity contribution >= 4 is 29.3 Å². The van der Waals surface area contributed by atoms with Gasteiger partial charge in [0.15, 0.2) is 0 Å². The number of benzene rings is 2. The quantitative estimate of drug-likeness (QED) is 0.600. The average molecular weight is 359 g/mol. The lowest BCUT2D eigenvalue weighted by Gasteiger charge is -2.10. The van der Waals surface area contributed by atoms with Gasteiger partial charge >= 0.3 is 5.97 Å². The number of rotatable bonds is 7. The van der Waals surface area contributed by atoms with E-state index in [4.69, 9.17) is 9.47 Å². The first-order valence-corrected chi connectivity index (χ1v) is 8.86. The predicted molar refractivity (Wildman–Crippen MR) is 99.5 cm³/mol. The summed E-state index contributed by atoms with van der Waals surface area (Å²) < 4.78 is 10.1. The molecule has 0 bridgehead atoms. The lowest BCUT2D eigenvalue weighted by Crippen LogP contribution is -2.15. The van der Waals surface area contributed by atoms with E-state index >= 15 is 0 Å². The van der Waals surface area contributed by atoms with E-state index in [1.807, 2.05) is 31.2 Å². The molecule has 5 nitrogen and oxygen atoms in total. The van der Waals surface area contributed by atoms with Crippen molar-refractivity contribution < 1.29 is 19.1 Å². The average Bonchev–Trinajstić information content (AvgIpc) is 2.62. The van der Waals surface area contributed by atoms with E-state index < -0.39 is 5.97 Å². The van der Waals surface area contributed by atoms with Crippen molar-refractivity contribution in [2.75, 3.05) is 24.8 Å². The molecule has 0 unspecified atom stereocenters. The van der Waals surface area contributed by atoms with Gasteiger partial charge in [-0.05, 0) is 55.8 Å². The summed E-state index contributed by atoms with van der Waals surface area (Å²) in [6.45, 7) is 3.94. The summed E-state index contributed by atoms with van der Waals surface area (Å²) in [5, 5.41) is 2.85. The van der Waals surface area contributed by atoms with E-state index in [9.17, 15) is 9.59 Å². The summed E-state index contributed by atoms with van der Waals surface area (Å²) in [7, 11) is 1.61. The lowest BCUT2D eigenvalue weighted by atomic mass is 10.1. The molecule has 0 atom stereocenters. The van der Waals surface area contributed by atoms with E-state index in [0.29, 0.717) is 17.9 Å². The molecule has 0 fully saturated rings. The minimum Gasteiger partial charge on any atom is -0.497 e. The molecular weight excluding hydrogens is 338 g/mol. The van der Waals surface area contributed by atoms with Crippen LogP contribution in [0, 0.1) is 6.92 Å². The van der Waals surface area contributed by atoms with Crippen molar-refractivity contribution in [3.05, 3.63) is 53.6 Å². The van der Waals surface area contributed by atoms with Crippen LogP contribution in [0.1, 0.15) is 22.8 Å². The molecule has 0 saturated carbocycles. The second-order valence-electron chi connectivity index (χ2n) is 5.26. The van der Waals surface area contributed by atoms with Crippen LogP contribution in [-0.4, -0.2) is 31.3 Å². The van der Waals surface area contributed by atoms with Gasteiger partial charge in [0.25, 0.3) is 0 Å². The molecule has 0 radical (unpaired) electrons. The van der Waals surface area contributed by atoms with Crippen LogP contribution in [0.25, 0.3) is 0 Å². The molecule has 0 aliphatic carbocycles. The van der Waals surface area contributed by atoms with Gasteiger partial charge in [-0.1, -0.05) is 6.07 Å². The summed E-state index contributed by atoms with van der Waals surface area (Å²) in [5.74, 6) is 0.519. The molecule has 2 rings (SSSR count). The smallest absolute Gasteiger partial charge is 0.338 e. The van der Waals surface area contributed by atoms with Crippen molar-refractivity contribution in [3.63, 3.8) is 0 Å². The highest BCUT2D eigenvalue weighted by molar-refractivity contribution is 8.00. The molecule has 0 aliphatic rings. The van der Waals surface area contributed by atoms with Gasteiger partial charge in [0.2, 0.25) is 5.91 Å². The summed E-state index contributed by atoms with van der Waals surface area (Å²) in [5.41, 5.74) is 1.92. The lowest BCUT2D eigenvalue weighted by molar-refractivity contribution is -0.113. The largest absolute Gasteiger partial charge is 0.497 e. The predicted octanol–water partition coefficient (Wildman–Crippen LogP) is 3.91. The Bertz CT molecular complexity index is 744. The Kier molecular flexibility index (Phi) is 6.89. The third-order valence-corrected chi connectivity index (χ3v) is 4.46. The molecule has 1 N–H and O–H groups in total. The van der Waals surface area contributed by atoms with Crippen molar-refractivity contribution in [1.82, 2.24) is 0 Å². The van der Waals surface area contributed by atoms with Gasteiger partial charge in [0.05, 0.1) is 25.0 Å². The van der Waals surface area contributed by atoms with Crippen molar-refractivity contribution in [1.29, 1.82) is 0 Å². The summed E-state index contributed by atoms with van der Waals surface area (Å²) >= 11 is 1.43. The summed E-state index contributed by atoms with van der Waals surface area (Å²) in [4.78, 5) is 25.0. The Balaban J connectivity index is 1.97. The van der Waals surface area contributed by atoms with Crippen LogP contribution in [-0.2, 0) is 9.53 Å². The van der Waals surface area contributed by atoms with E-state index in [1.54, 1.807) is 32.2 Å². The topological polar surface area (TPSA) is 64.6 Å². The van der Waals surface area contributed by atoms with Crippen LogP contribution in [0.15, 0.2) is 47.4 Å². The Labute approximate surface area is 151 Å². The van der Waals surface area contributed by atoms with Crippen LogP contribution in [0.3, 0.4) is 0 Å². The molecule has 2 aromatic carbocycles. The number of methoxy groups -OCH3 is 1. The maximum absolute atomic E-state index is 12.2.